The molecule has 0 radical (unpaired) electrons. The predicted molar refractivity (Wildman–Crippen MR) is 90.8 cm³/mol. The maximum atomic E-state index is 12.1. The van der Waals surface area contributed by atoms with Crippen molar-refractivity contribution in [2.45, 2.75) is 19.9 Å². The molecule has 1 saturated heterocycles. The van der Waals surface area contributed by atoms with Crippen LogP contribution in [0.1, 0.15) is 19.0 Å². The smallest absolute Gasteiger partial charge is 0.258 e. The third kappa shape index (κ3) is 3.43. The molecular formula is C15H20Cl2N4O. The van der Waals surface area contributed by atoms with E-state index in [0.717, 1.165) is 25.2 Å². The minimum absolute atomic E-state index is 0. The van der Waals surface area contributed by atoms with Crippen LogP contribution in [0.25, 0.3) is 5.65 Å². The molecule has 0 aromatic carbocycles. The van der Waals surface area contributed by atoms with Crippen LogP contribution in [-0.2, 0) is 6.54 Å². The lowest BCUT2D eigenvalue weighted by Crippen LogP contribution is -2.31. The van der Waals surface area contributed by atoms with Crippen molar-refractivity contribution in [3.63, 3.8) is 0 Å². The Morgan fingerprint density at radius 2 is 2.23 bits per heavy atom. The second kappa shape index (κ2) is 6.54. The van der Waals surface area contributed by atoms with Gasteiger partial charge in [0.25, 0.3) is 5.56 Å². The summed E-state index contributed by atoms with van der Waals surface area (Å²) in [5, 5.41) is 0.525. The standard InChI is InChI=1S/C15H19ClN4O.ClH/c1-15(9-17)4-5-19(10-15)8-12-6-14(21)20-7-11(16)2-3-13(20)18-12;/h2-3,6-7H,4-5,8-10,17H2,1H3;1H. The molecule has 0 aliphatic carbocycles. The Morgan fingerprint density at radius 3 is 2.91 bits per heavy atom. The SMILES string of the molecule is CC1(CN)CCN(Cc2cc(=O)n3cc(Cl)ccc3n2)C1.Cl. The number of likely N-dealkylation sites (tertiary alicyclic amines) is 1. The van der Waals surface area contributed by atoms with E-state index >= 15 is 0 Å². The summed E-state index contributed by atoms with van der Waals surface area (Å²) in [5.74, 6) is 0. The van der Waals surface area contributed by atoms with Gasteiger partial charge in [0.05, 0.1) is 10.7 Å². The predicted octanol–water partition coefficient (Wildman–Crippen LogP) is 1.94. The number of rotatable bonds is 3. The number of fused-ring (bicyclic) bond motifs is 1. The zero-order valence-electron chi connectivity index (χ0n) is 12.5. The monoisotopic (exact) mass is 342 g/mol. The highest BCUT2D eigenvalue weighted by Gasteiger charge is 2.32. The second-order valence-electron chi connectivity index (χ2n) is 6.14. The Kier molecular flexibility index (Phi) is 5.12. The van der Waals surface area contributed by atoms with Crippen LogP contribution < -0.4 is 11.3 Å². The van der Waals surface area contributed by atoms with Crippen LogP contribution in [0.15, 0.2) is 29.2 Å². The van der Waals surface area contributed by atoms with Crippen molar-refractivity contribution in [1.82, 2.24) is 14.3 Å². The van der Waals surface area contributed by atoms with Crippen molar-refractivity contribution in [3.8, 4) is 0 Å². The molecule has 2 aromatic heterocycles. The first-order valence-electron chi connectivity index (χ1n) is 7.09. The molecule has 22 heavy (non-hydrogen) atoms. The topological polar surface area (TPSA) is 63.6 Å². The number of pyridine rings is 1. The fourth-order valence-corrected chi connectivity index (χ4v) is 3.02. The van der Waals surface area contributed by atoms with Crippen molar-refractivity contribution >= 4 is 29.7 Å². The molecule has 1 aliphatic heterocycles. The molecule has 0 bridgehead atoms. The van der Waals surface area contributed by atoms with Gasteiger partial charge in [-0.3, -0.25) is 14.1 Å². The van der Waals surface area contributed by atoms with Crippen molar-refractivity contribution in [1.29, 1.82) is 0 Å². The van der Waals surface area contributed by atoms with E-state index in [9.17, 15) is 4.79 Å². The van der Waals surface area contributed by atoms with E-state index in [0.29, 0.717) is 23.8 Å². The third-order valence-electron chi connectivity index (χ3n) is 4.19. The molecule has 0 amide bonds. The summed E-state index contributed by atoms with van der Waals surface area (Å²) in [5.41, 5.74) is 7.33. The Hall–Kier alpha value is -1.14. The molecule has 0 saturated carbocycles. The molecule has 1 fully saturated rings. The maximum absolute atomic E-state index is 12.1. The molecule has 2 N–H and O–H groups in total. The van der Waals surface area contributed by atoms with E-state index in [1.165, 1.54) is 4.40 Å². The molecule has 1 aliphatic rings. The van der Waals surface area contributed by atoms with Crippen LogP contribution in [0.4, 0.5) is 0 Å². The van der Waals surface area contributed by atoms with E-state index in [1.54, 1.807) is 24.4 Å². The molecule has 120 valence electrons. The van der Waals surface area contributed by atoms with Gasteiger partial charge in [0, 0.05) is 25.4 Å². The van der Waals surface area contributed by atoms with Crippen LogP contribution >= 0.6 is 24.0 Å². The third-order valence-corrected chi connectivity index (χ3v) is 4.42. The minimum Gasteiger partial charge on any atom is -0.330 e. The number of halogens is 2. The van der Waals surface area contributed by atoms with Crippen LogP contribution in [0.3, 0.4) is 0 Å². The molecular weight excluding hydrogens is 323 g/mol. The van der Waals surface area contributed by atoms with Gasteiger partial charge in [-0.2, -0.15) is 0 Å². The summed E-state index contributed by atoms with van der Waals surface area (Å²) in [6, 6.07) is 5.09. The van der Waals surface area contributed by atoms with Crippen molar-refractivity contribution in [2.24, 2.45) is 11.1 Å². The first-order valence-corrected chi connectivity index (χ1v) is 7.47. The first kappa shape index (κ1) is 17.2. The normalized spacial score (nSPS) is 22.0. The van der Waals surface area contributed by atoms with Gasteiger partial charge < -0.3 is 5.73 Å². The van der Waals surface area contributed by atoms with E-state index in [-0.39, 0.29) is 23.4 Å². The van der Waals surface area contributed by atoms with Crippen LogP contribution in [0.2, 0.25) is 5.02 Å². The summed E-state index contributed by atoms with van der Waals surface area (Å²) >= 11 is 5.91. The number of aromatic nitrogens is 2. The molecule has 3 rings (SSSR count). The lowest BCUT2D eigenvalue weighted by atomic mass is 9.90. The average Bonchev–Trinajstić information content (AvgIpc) is 2.82. The number of hydrogen-bond donors (Lipinski definition) is 1. The number of nitrogens with zero attached hydrogens (tertiary/aromatic N) is 3. The lowest BCUT2D eigenvalue weighted by Gasteiger charge is -2.22. The van der Waals surface area contributed by atoms with E-state index < -0.39 is 0 Å². The quantitative estimate of drug-likeness (QED) is 0.925. The lowest BCUT2D eigenvalue weighted by molar-refractivity contribution is 0.272. The van der Waals surface area contributed by atoms with Gasteiger partial charge in [0.2, 0.25) is 0 Å². The van der Waals surface area contributed by atoms with Crippen LogP contribution in [0, 0.1) is 5.41 Å². The average molecular weight is 343 g/mol. The summed E-state index contributed by atoms with van der Waals surface area (Å²) < 4.78 is 1.47. The molecule has 0 spiro atoms. The van der Waals surface area contributed by atoms with Gasteiger partial charge in [0.1, 0.15) is 5.65 Å². The summed E-state index contributed by atoms with van der Waals surface area (Å²) in [7, 11) is 0. The molecule has 1 atom stereocenters. The summed E-state index contributed by atoms with van der Waals surface area (Å²) in [6.07, 6.45) is 2.68. The Morgan fingerprint density at radius 1 is 1.45 bits per heavy atom. The molecule has 7 heteroatoms. The second-order valence-corrected chi connectivity index (χ2v) is 6.57. The molecule has 2 aromatic rings. The van der Waals surface area contributed by atoms with Gasteiger partial charge >= 0.3 is 0 Å². The van der Waals surface area contributed by atoms with Gasteiger partial charge in [-0.15, -0.1) is 12.4 Å². The fraction of sp³-hybridized carbons (Fsp3) is 0.467. The van der Waals surface area contributed by atoms with E-state index in [1.807, 2.05) is 0 Å². The number of nitrogens with two attached hydrogens (primary N) is 1. The summed E-state index contributed by atoms with van der Waals surface area (Å²) in [6.45, 7) is 5.53. The largest absolute Gasteiger partial charge is 0.330 e. The molecule has 1 unspecified atom stereocenters. The van der Waals surface area contributed by atoms with Crippen LogP contribution in [-0.4, -0.2) is 33.9 Å². The van der Waals surface area contributed by atoms with Crippen molar-refractivity contribution in [3.05, 3.63) is 45.5 Å². The van der Waals surface area contributed by atoms with E-state index in [4.69, 9.17) is 17.3 Å². The summed E-state index contributed by atoms with van der Waals surface area (Å²) in [4.78, 5) is 19.0. The van der Waals surface area contributed by atoms with Gasteiger partial charge in [0.15, 0.2) is 0 Å². The van der Waals surface area contributed by atoms with Gasteiger partial charge in [-0.25, -0.2) is 4.98 Å². The molecule has 5 nitrogen and oxygen atoms in total. The van der Waals surface area contributed by atoms with Crippen molar-refractivity contribution < 1.29 is 0 Å². The minimum atomic E-state index is -0.0988. The highest BCUT2D eigenvalue weighted by Crippen LogP contribution is 2.29. The first-order chi connectivity index (χ1) is 9.99. The Balaban J connectivity index is 0.00000176. The van der Waals surface area contributed by atoms with Crippen LogP contribution in [0.5, 0.6) is 0 Å². The zero-order valence-corrected chi connectivity index (χ0v) is 14.0. The molecule has 3 heterocycles. The van der Waals surface area contributed by atoms with Crippen molar-refractivity contribution in [2.75, 3.05) is 19.6 Å². The highest BCUT2D eigenvalue weighted by atomic mass is 35.5. The highest BCUT2D eigenvalue weighted by molar-refractivity contribution is 6.30. The van der Waals surface area contributed by atoms with Gasteiger partial charge in [-0.1, -0.05) is 18.5 Å². The Labute approximate surface area is 140 Å². The number of hydrogen-bond acceptors (Lipinski definition) is 4. The van der Waals surface area contributed by atoms with E-state index in [2.05, 4.69) is 16.8 Å². The fourth-order valence-electron chi connectivity index (χ4n) is 2.86. The zero-order chi connectivity index (χ0) is 15.0. The maximum Gasteiger partial charge on any atom is 0.258 e. The Bertz CT molecular complexity index is 733. The van der Waals surface area contributed by atoms with Gasteiger partial charge in [-0.05, 0) is 37.1 Å².